The number of sulfonamides is 1. The highest BCUT2D eigenvalue weighted by Crippen LogP contribution is 2.33. The molecule has 1 aromatic carbocycles. The van der Waals surface area contributed by atoms with E-state index in [1.165, 1.54) is 21.9 Å². The number of carbonyl (C=O) groups is 1. The number of fused-ring (bicyclic) bond motifs is 1. The van der Waals surface area contributed by atoms with Gasteiger partial charge >= 0.3 is 0 Å². The van der Waals surface area contributed by atoms with Gasteiger partial charge in [0.25, 0.3) is 5.19 Å². The van der Waals surface area contributed by atoms with E-state index >= 15 is 0 Å². The molecule has 2 aliphatic heterocycles. The third-order valence-corrected chi connectivity index (χ3v) is 8.16. The summed E-state index contributed by atoms with van der Waals surface area (Å²) < 4.78 is 31.8. The normalized spacial score (nSPS) is 20.3. The van der Waals surface area contributed by atoms with E-state index in [1.54, 1.807) is 0 Å². The van der Waals surface area contributed by atoms with Crippen molar-refractivity contribution in [2.75, 3.05) is 32.4 Å². The molecule has 1 amide bonds. The van der Waals surface area contributed by atoms with E-state index in [9.17, 15) is 13.2 Å². The monoisotopic (exact) mass is 457 g/mol. The maximum absolute atomic E-state index is 12.8. The van der Waals surface area contributed by atoms with Crippen LogP contribution in [0.25, 0.3) is 10.2 Å². The van der Waals surface area contributed by atoms with E-state index in [-0.39, 0.29) is 17.9 Å². The molecule has 2 saturated heterocycles. The van der Waals surface area contributed by atoms with Gasteiger partial charge in [-0.05, 0) is 25.0 Å². The molecule has 2 fully saturated rings. The van der Waals surface area contributed by atoms with Crippen molar-refractivity contribution in [1.29, 1.82) is 0 Å². The molecule has 10 heteroatoms. The molecule has 0 spiro atoms. The molecule has 1 aromatic heterocycles. The van der Waals surface area contributed by atoms with Crippen LogP contribution >= 0.6 is 22.9 Å². The predicted octanol–water partition coefficient (Wildman–Crippen LogP) is 2.99. The van der Waals surface area contributed by atoms with Gasteiger partial charge in [0, 0.05) is 44.9 Å². The van der Waals surface area contributed by atoms with E-state index in [4.69, 9.17) is 16.3 Å². The van der Waals surface area contributed by atoms with Crippen molar-refractivity contribution >= 4 is 49.1 Å². The summed E-state index contributed by atoms with van der Waals surface area (Å²) in [6.07, 6.45) is 3.96. The first-order valence-corrected chi connectivity index (χ1v) is 12.8. The van der Waals surface area contributed by atoms with Crippen molar-refractivity contribution in [3.05, 3.63) is 23.2 Å². The Kier molecular flexibility index (Phi) is 6.02. The Balaban J connectivity index is 1.29. The summed E-state index contributed by atoms with van der Waals surface area (Å²) in [6.45, 7) is 2.16. The van der Waals surface area contributed by atoms with Crippen LogP contribution in [0.3, 0.4) is 0 Å². The molecule has 4 rings (SSSR count). The summed E-state index contributed by atoms with van der Waals surface area (Å²) in [7, 11) is -3.17. The fourth-order valence-electron chi connectivity index (χ4n) is 3.97. The van der Waals surface area contributed by atoms with Crippen LogP contribution in [-0.4, -0.2) is 67.1 Å². The number of amides is 1. The van der Waals surface area contributed by atoms with Gasteiger partial charge in [-0.15, -0.1) is 0 Å². The summed E-state index contributed by atoms with van der Waals surface area (Å²) in [5.41, 5.74) is 0.766. The second-order valence-electron chi connectivity index (χ2n) is 7.65. The van der Waals surface area contributed by atoms with Crippen LogP contribution in [0.15, 0.2) is 18.2 Å². The Morgan fingerprint density at radius 1 is 1.17 bits per heavy atom. The number of hydrogen-bond acceptors (Lipinski definition) is 6. The Labute approximate surface area is 179 Å². The predicted molar refractivity (Wildman–Crippen MR) is 114 cm³/mol. The Bertz CT molecular complexity index is 994. The Morgan fingerprint density at radius 2 is 1.86 bits per heavy atom. The van der Waals surface area contributed by atoms with Crippen molar-refractivity contribution in [3.63, 3.8) is 0 Å². The number of para-hydroxylation sites is 1. The SMILES string of the molecule is CS(=O)(=O)N1CCC(C(=O)N2CCC(Oc3nc4c(Cl)cccc4s3)CC2)CC1. The zero-order chi connectivity index (χ0) is 20.6. The molecule has 0 saturated carbocycles. The second kappa shape index (κ2) is 8.37. The van der Waals surface area contributed by atoms with Crippen LogP contribution in [0.5, 0.6) is 5.19 Å². The summed E-state index contributed by atoms with van der Waals surface area (Å²) in [5, 5.41) is 1.24. The second-order valence-corrected chi connectivity index (χ2v) is 11.0. The number of piperidine rings is 2. The zero-order valence-corrected chi connectivity index (χ0v) is 18.6. The number of halogens is 1. The first-order chi connectivity index (χ1) is 13.8. The van der Waals surface area contributed by atoms with Gasteiger partial charge in [-0.1, -0.05) is 29.0 Å². The molecule has 0 atom stereocenters. The largest absolute Gasteiger partial charge is 0.467 e. The van der Waals surface area contributed by atoms with E-state index < -0.39 is 10.0 Å². The van der Waals surface area contributed by atoms with E-state index in [0.29, 0.717) is 49.2 Å². The lowest BCUT2D eigenvalue weighted by Gasteiger charge is -2.36. The number of benzene rings is 1. The molecule has 0 aliphatic carbocycles. The quantitative estimate of drug-likeness (QED) is 0.705. The molecule has 7 nitrogen and oxygen atoms in total. The minimum absolute atomic E-state index is 0.0328. The fraction of sp³-hybridized carbons (Fsp3) is 0.579. The molecule has 3 heterocycles. The minimum Gasteiger partial charge on any atom is -0.467 e. The molecule has 0 radical (unpaired) electrons. The molecule has 2 aromatic rings. The third kappa shape index (κ3) is 4.68. The smallest absolute Gasteiger partial charge is 0.274 e. The van der Waals surface area contributed by atoms with E-state index in [0.717, 1.165) is 23.1 Å². The average Bonchev–Trinajstić information content (AvgIpc) is 3.11. The van der Waals surface area contributed by atoms with Crippen molar-refractivity contribution in [1.82, 2.24) is 14.2 Å². The van der Waals surface area contributed by atoms with Crippen LogP contribution < -0.4 is 4.74 Å². The standard InChI is InChI=1S/C19H24ClN3O4S2/c1-29(25,26)23-11-5-13(6-12-23)18(24)22-9-7-14(8-10-22)27-19-21-17-15(20)3-2-4-16(17)28-19/h2-4,13-14H,5-12H2,1H3. The number of ether oxygens (including phenoxy) is 1. The van der Waals surface area contributed by atoms with Crippen LogP contribution in [0.4, 0.5) is 0 Å². The van der Waals surface area contributed by atoms with Crippen molar-refractivity contribution < 1.29 is 17.9 Å². The maximum Gasteiger partial charge on any atom is 0.274 e. The van der Waals surface area contributed by atoms with E-state index in [1.807, 2.05) is 23.1 Å². The number of thiazole rings is 1. The maximum atomic E-state index is 12.8. The molecule has 2 aliphatic rings. The fourth-order valence-corrected chi connectivity index (χ4v) is 6.03. The average molecular weight is 458 g/mol. The highest BCUT2D eigenvalue weighted by molar-refractivity contribution is 7.88. The van der Waals surface area contributed by atoms with Crippen molar-refractivity contribution in [2.45, 2.75) is 31.8 Å². The Hall–Kier alpha value is -1.42. The molecule has 29 heavy (non-hydrogen) atoms. The molecule has 158 valence electrons. The summed E-state index contributed by atoms with van der Waals surface area (Å²) in [4.78, 5) is 19.2. The van der Waals surface area contributed by atoms with Gasteiger partial charge in [0.2, 0.25) is 15.9 Å². The van der Waals surface area contributed by atoms with Gasteiger partial charge in [0.15, 0.2) is 0 Å². The van der Waals surface area contributed by atoms with Gasteiger partial charge in [0.05, 0.1) is 16.0 Å². The van der Waals surface area contributed by atoms with Gasteiger partial charge in [-0.25, -0.2) is 17.7 Å². The zero-order valence-electron chi connectivity index (χ0n) is 16.2. The number of hydrogen-bond donors (Lipinski definition) is 0. The molecular weight excluding hydrogens is 434 g/mol. The summed E-state index contributed by atoms with van der Waals surface area (Å²) in [6, 6.07) is 5.69. The first kappa shape index (κ1) is 20.8. The van der Waals surface area contributed by atoms with Crippen molar-refractivity contribution in [2.24, 2.45) is 5.92 Å². The van der Waals surface area contributed by atoms with Crippen LogP contribution in [0.1, 0.15) is 25.7 Å². The van der Waals surface area contributed by atoms with Gasteiger partial charge in [-0.3, -0.25) is 4.79 Å². The van der Waals surface area contributed by atoms with Crippen LogP contribution in [0.2, 0.25) is 5.02 Å². The molecular formula is C19H24ClN3O4S2. The van der Waals surface area contributed by atoms with Gasteiger partial charge < -0.3 is 9.64 Å². The molecule has 0 N–H and O–H groups in total. The lowest BCUT2D eigenvalue weighted by molar-refractivity contribution is -0.138. The molecule has 0 bridgehead atoms. The number of nitrogens with zero attached hydrogens (tertiary/aromatic N) is 3. The minimum atomic E-state index is -3.17. The van der Waals surface area contributed by atoms with Crippen LogP contribution in [0, 0.1) is 5.92 Å². The van der Waals surface area contributed by atoms with Gasteiger partial charge in [-0.2, -0.15) is 0 Å². The lowest BCUT2D eigenvalue weighted by Crippen LogP contribution is -2.47. The topological polar surface area (TPSA) is 79.8 Å². The number of aromatic nitrogens is 1. The molecule has 0 unspecified atom stereocenters. The lowest BCUT2D eigenvalue weighted by atomic mass is 9.95. The summed E-state index contributed by atoms with van der Waals surface area (Å²) in [5.74, 6) is 0.0558. The number of rotatable bonds is 4. The Morgan fingerprint density at radius 3 is 2.48 bits per heavy atom. The first-order valence-electron chi connectivity index (χ1n) is 9.77. The summed E-state index contributed by atoms with van der Waals surface area (Å²) >= 11 is 7.67. The van der Waals surface area contributed by atoms with Gasteiger partial charge in [0.1, 0.15) is 11.6 Å². The number of carbonyl (C=O) groups excluding carboxylic acids is 1. The van der Waals surface area contributed by atoms with Crippen LogP contribution in [-0.2, 0) is 14.8 Å². The van der Waals surface area contributed by atoms with E-state index in [2.05, 4.69) is 4.98 Å². The highest BCUT2D eigenvalue weighted by Gasteiger charge is 2.33. The third-order valence-electron chi connectivity index (χ3n) is 5.64. The number of likely N-dealkylation sites (tertiary alicyclic amines) is 1. The van der Waals surface area contributed by atoms with Crippen molar-refractivity contribution in [3.8, 4) is 5.19 Å². The highest BCUT2D eigenvalue weighted by atomic mass is 35.5.